The van der Waals surface area contributed by atoms with E-state index >= 15 is 0 Å². The minimum absolute atomic E-state index is 0.121. The average Bonchev–Trinajstić information content (AvgIpc) is 2.03. The SMILES string of the molecule is CCCCNC(=N)N(C)C(=N)N. The highest BCUT2D eigenvalue weighted by Gasteiger charge is 2.04. The molecule has 5 heteroatoms. The fourth-order valence-electron chi connectivity index (χ4n) is 0.623. The molecule has 0 aliphatic carbocycles. The lowest BCUT2D eigenvalue weighted by atomic mass is 10.3. The molecule has 0 saturated heterocycles. The normalized spacial score (nSPS) is 9.17. The van der Waals surface area contributed by atoms with Gasteiger partial charge in [0.1, 0.15) is 0 Å². The van der Waals surface area contributed by atoms with Gasteiger partial charge in [0.25, 0.3) is 0 Å². The lowest BCUT2D eigenvalue weighted by molar-refractivity contribution is 0.651. The van der Waals surface area contributed by atoms with Gasteiger partial charge in [-0.15, -0.1) is 0 Å². The summed E-state index contributed by atoms with van der Waals surface area (Å²) in [5, 5.41) is 17.3. The smallest absolute Gasteiger partial charge is 0.197 e. The van der Waals surface area contributed by atoms with Gasteiger partial charge < -0.3 is 11.1 Å². The number of nitrogens with one attached hydrogen (secondary N) is 3. The number of hydrogen-bond donors (Lipinski definition) is 4. The molecule has 0 radical (unpaired) electrons. The summed E-state index contributed by atoms with van der Waals surface area (Å²) in [4.78, 5) is 1.29. The summed E-state index contributed by atoms with van der Waals surface area (Å²) in [7, 11) is 1.59. The number of hydrogen-bond acceptors (Lipinski definition) is 2. The Morgan fingerprint density at radius 3 is 2.50 bits per heavy atom. The summed E-state index contributed by atoms with van der Waals surface area (Å²) >= 11 is 0. The topological polar surface area (TPSA) is 89.0 Å². The van der Waals surface area contributed by atoms with Crippen molar-refractivity contribution in [2.75, 3.05) is 13.6 Å². The van der Waals surface area contributed by atoms with Crippen molar-refractivity contribution in [3.8, 4) is 0 Å². The molecule has 0 saturated carbocycles. The first-order valence-electron chi connectivity index (χ1n) is 3.99. The quantitative estimate of drug-likeness (QED) is 0.276. The molecule has 0 bridgehead atoms. The van der Waals surface area contributed by atoms with Crippen LogP contribution in [0, 0.1) is 10.8 Å². The van der Waals surface area contributed by atoms with Crippen LogP contribution in [0.15, 0.2) is 0 Å². The molecule has 0 amide bonds. The molecular formula is C7H17N5. The maximum absolute atomic E-state index is 7.40. The third-order valence-electron chi connectivity index (χ3n) is 1.52. The molecule has 0 aromatic rings. The summed E-state index contributed by atoms with van der Waals surface area (Å²) in [6.07, 6.45) is 2.11. The van der Waals surface area contributed by atoms with Crippen LogP contribution >= 0.6 is 0 Å². The highest BCUT2D eigenvalue weighted by molar-refractivity contribution is 5.94. The van der Waals surface area contributed by atoms with E-state index in [1.165, 1.54) is 4.90 Å². The van der Waals surface area contributed by atoms with Crippen LogP contribution in [0.5, 0.6) is 0 Å². The van der Waals surface area contributed by atoms with Crippen LogP contribution < -0.4 is 11.1 Å². The van der Waals surface area contributed by atoms with Crippen LogP contribution in [-0.4, -0.2) is 30.4 Å². The molecule has 5 nitrogen and oxygen atoms in total. The minimum atomic E-state index is -0.121. The van der Waals surface area contributed by atoms with E-state index in [1.54, 1.807) is 7.05 Å². The Hall–Kier alpha value is -1.26. The Morgan fingerprint density at radius 2 is 2.08 bits per heavy atom. The standard InChI is InChI=1S/C7H17N5/c1-3-4-5-11-7(10)12(2)6(8)9/h3-5H2,1-2H3,(H3,8,9)(H2,10,11). The number of unbranched alkanes of at least 4 members (excludes halogenated alkanes) is 1. The van der Waals surface area contributed by atoms with Gasteiger partial charge in [-0.05, 0) is 6.42 Å². The highest BCUT2D eigenvalue weighted by atomic mass is 15.3. The van der Waals surface area contributed by atoms with Gasteiger partial charge >= 0.3 is 0 Å². The highest BCUT2D eigenvalue weighted by Crippen LogP contribution is 1.84. The van der Waals surface area contributed by atoms with Gasteiger partial charge in [-0.2, -0.15) is 0 Å². The lowest BCUT2D eigenvalue weighted by Gasteiger charge is -2.18. The van der Waals surface area contributed by atoms with Crippen LogP contribution in [0.25, 0.3) is 0 Å². The fraction of sp³-hybridized carbons (Fsp3) is 0.714. The van der Waals surface area contributed by atoms with Crippen molar-refractivity contribution in [2.24, 2.45) is 5.73 Å². The summed E-state index contributed by atoms with van der Waals surface area (Å²) < 4.78 is 0. The molecule has 0 heterocycles. The third-order valence-corrected chi connectivity index (χ3v) is 1.52. The van der Waals surface area contributed by atoms with E-state index in [4.69, 9.17) is 16.6 Å². The second kappa shape index (κ2) is 5.40. The van der Waals surface area contributed by atoms with E-state index in [-0.39, 0.29) is 11.9 Å². The van der Waals surface area contributed by atoms with Gasteiger partial charge in [-0.3, -0.25) is 15.7 Å². The Morgan fingerprint density at radius 1 is 1.50 bits per heavy atom. The predicted octanol–water partition coefficient (Wildman–Crippen LogP) is 0.136. The van der Waals surface area contributed by atoms with E-state index in [0.29, 0.717) is 0 Å². The molecule has 0 aliphatic heterocycles. The van der Waals surface area contributed by atoms with Crippen molar-refractivity contribution in [2.45, 2.75) is 19.8 Å². The predicted molar refractivity (Wildman–Crippen MR) is 50.3 cm³/mol. The molecular weight excluding hydrogens is 154 g/mol. The molecule has 0 atom stereocenters. The van der Waals surface area contributed by atoms with Crippen LogP contribution in [0.4, 0.5) is 0 Å². The molecule has 0 aromatic heterocycles. The third kappa shape index (κ3) is 3.80. The van der Waals surface area contributed by atoms with Gasteiger partial charge in [0, 0.05) is 13.6 Å². The first-order chi connectivity index (χ1) is 5.59. The molecule has 5 N–H and O–H groups in total. The molecule has 0 spiro atoms. The molecule has 0 rings (SSSR count). The zero-order valence-corrected chi connectivity index (χ0v) is 7.65. The van der Waals surface area contributed by atoms with Crippen LogP contribution in [0.1, 0.15) is 19.8 Å². The van der Waals surface area contributed by atoms with Crippen molar-refractivity contribution in [3.63, 3.8) is 0 Å². The van der Waals surface area contributed by atoms with Gasteiger partial charge in [0.05, 0.1) is 0 Å². The van der Waals surface area contributed by atoms with Crippen molar-refractivity contribution in [1.82, 2.24) is 10.2 Å². The van der Waals surface area contributed by atoms with Crippen LogP contribution in [-0.2, 0) is 0 Å². The summed E-state index contributed by atoms with van der Waals surface area (Å²) in [5.41, 5.74) is 5.17. The molecule has 70 valence electrons. The molecule has 0 aliphatic rings. The lowest BCUT2D eigenvalue weighted by Crippen LogP contribution is -2.45. The second-order valence-corrected chi connectivity index (χ2v) is 2.57. The number of rotatable bonds is 3. The van der Waals surface area contributed by atoms with Crippen LogP contribution in [0.2, 0.25) is 0 Å². The Balaban J connectivity index is 3.65. The van der Waals surface area contributed by atoms with E-state index in [1.807, 2.05) is 0 Å². The van der Waals surface area contributed by atoms with Gasteiger partial charge in [-0.1, -0.05) is 13.3 Å². The minimum Gasteiger partial charge on any atom is -0.370 e. The Kier molecular flexibility index (Phi) is 4.83. The summed E-state index contributed by atoms with van der Waals surface area (Å²) in [6.45, 7) is 2.84. The molecule has 0 aromatic carbocycles. The average molecular weight is 171 g/mol. The van der Waals surface area contributed by atoms with E-state index in [0.717, 1.165) is 19.4 Å². The van der Waals surface area contributed by atoms with Crippen molar-refractivity contribution >= 4 is 11.9 Å². The van der Waals surface area contributed by atoms with Gasteiger partial charge in [0.2, 0.25) is 0 Å². The fourth-order valence-corrected chi connectivity index (χ4v) is 0.623. The zero-order chi connectivity index (χ0) is 9.56. The maximum Gasteiger partial charge on any atom is 0.197 e. The summed E-state index contributed by atoms with van der Waals surface area (Å²) in [5.74, 6) is 0.0555. The molecule has 0 unspecified atom stereocenters. The van der Waals surface area contributed by atoms with Crippen LogP contribution in [0.3, 0.4) is 0 Å². The van der Waals surface area contributed by atoms with Crippen molar-refractivity contribution < 1.29 is 0 Å². The Labute approximate surface area is 72.9 Å². The van der Waals surface area contributed by atoms with E-state index in [2.05, 4.69) is 12.2 Å². The van der Waals surface area contributed by atoms with Crippen molar-refractivity contribution in [1.29, 1.82) is 10.8 Å². The number of guanidine groups is 2. The molecule has 0 fully saturated rings. The monoisotopic (exact) mass is 171 g/mol. The first kappa shape index (κ1) is 10.7. The van der Waals surface area contributed by atoms with Crippen molar-refractivity contribution in [3.05, 3.63) is 0 Å². The van der Waals surface area contributed by atoms with Gasteiger partial charge in [0.15, 0.2) is 11.9 Å². The number of nitrogens with two attached hydrogens (primary N) is 1. The summed E-state index contributed by atoms with van der Waals surface area (Å²) in [6, 6.07) is 0. The zero-order valence-electron chi connectivity index (χ0n) is 7.65. The van der Waals surface area contributed by atoms with E-state index in [9.17, 15) is 0 Å². The molecule has 12 heavy (non-hydrogen) atoms. The first-order valence-corrected chi connectivity index (χ1v) is 3.99. The Bertz CT molecular complexity index is 165. The largest absolute Gasteiger partial charge is 0.370 e. The second-order valence-electron chi connectivity index (χ2n) is 2.57. The van der Waals surface area contributed by atoms with Gasteiger partial charge in [-0.25, -0.2) is 0 Å². The van der Waals surface area contributed by atoms with E-state index < -0.39 is 0 Å². The number of nitrogens with zero attached hydrogens (tertiary/aromatic N) is 1. The maximum atomic E-state index is 7.40.